The van der Waals surface area contributed by atoms with Gasteiger partial charge in [-0.05, 0) is 49.1 Å². The summed E-state index contributed by atoms with van der Waals surface area (Å²) in [5.41, 5.74) is 3.34. The second-order valence-corrected chi connectivity index (χ2v) is 7.67. The van der Waals surface area contributed by atoms with Crippen molar-refractivity contribution >= 4 is 34.8 Å². The van der Waals surface area contributed by atoms with Crippen LogP contribution in [0.25, 0.3) is 11.0 Å². The fourth-order valence-corrected chi connectivity index (χ4v) is 3.48. The summed E-state index contributed by atoms with van der Waals surface area (Å²) in [5, 5.41) is 7.61. The van der Waals surface area contributed by atoms with E-state index < -0.39 is 6.36 Å². The Balaban J connectivity index is 1.72. The lowest BCUT2D eigenvalue weighted by atomic mass is 10.1. The van der Waals surface area contributed by atoms with Crippen LogP contribution in [0, 0.1) is 11.3 Å². The van der Waals surface area contributed by atoms with Gasteiger partial charge < -0.3 is 15.0 Å². The van der Waals surface area contributed by atoms with E-state index in [1.165, 1.54) is 18.3 Å². The van der Waals surface area contributed by atoms with Crippen LogP contribution >= 0.6 is 0 Å². The molecule has 1 aliphatic carbocycles. The standard InChI is InChI=1S/C23H22F3N5O/c1-28-12-16(11-27)22-13-29-20-8-7-18(10-21(20)30-22)31(14-15-5-6-15)17-3-2-4-19(9-17)32-23(24,25)26/h2-4,7-13,15-16,27H,5-6,14H2,1H3. The molecule has 0 aliphatic heterocycles. The van der Waals surface area contributed by atoms with Crippen molar-refractivity contribution in [3.05, 3.63) is 54.4 Å². The third kappa shape index (κ3) is 5.22. The first kappa shape index (κ1) is 21.7. The van der Waals surface area contributed by atoms with E-state index in [1.54, 1.807) is 31.6 Å². The Morgan fingerprint density at radius 3 is 2.66 bits per heavy atom. The summed E-state index contributed by atoms with van der Waals surface area (Å²) in [4.78, 5) is 15.1. The normalized spacial score (nSPS) is 15.1. The number of rotatable bonds is 8. The second kappa shape index (κ2) is 8.94. The van der Waals surface area contributed by atoms with Gasteiger partial charge in [0, 0.05) is 43.5 Å². The van der Waals surface area contributed by atoms with Gasteiger partial charge in [-0.3, -0.25) is 9.98 Å². The molecular formula is C23H22F3N5O. The van der Waals surface area contributed by atoms with E-state index in [2.05, 4.69) is 19.7 Å². The van der Waals surface area contributed by atoms with E-state index in [-0.39, 0.29) is 11.7 Å². The Kier molecular flexibility index (Phi) is 6.07. The van der Waals surface area contributed by atoms with Crippen LogP contribution in [0.4, 0.5) is 24.5 Å². The lowest BCUT2D eigenvalue weighted by molar-refractivity contribution is -0.274. The number of aliphatic imine (C=N–C) groups is 1. The number of hydrogen-bond donors (Lipinski definition) is 1. The lowest BCUT2D eigenvalue weighted by Gasteiger charge is -2.26. The second-order valence-electron chi connectivity index (χ2n) is 7.67. The Bertz CT molecular complexity index is 1140. The predicted molar refractivity (Wildman–Crippen MR) is 118 cm³/mol. The largest absolute Gasteiger partial charge is 0.573 e. The topological polar surface area (TPSA) is 74.5 Å². The van der Waals surface area contributed by atoms with E-state index in [9.17, 15) is 13.2 Å². The molecule has 0 radical (unpaired) electrons. The van der Waals surface area contributed by atoms with Crippen molar-refractivity contribution in [3.8, 4) is 5.75 Å². The zero-order chi connectivity index (χ0) is 22.7. The minimum atomic E-state index is -4.75. The molecule has 1 saturated carbocycles. The number of aromatic nitrogens is 2. The molecule has 166 valence electrons. The molecule has 1 aliphatic rings. The van der Waals surface area contributed by atoms with Crippen molar-refractivity contribution in [1.29, 1.82) is 5.41 Å². The molecule has 1 aromatic heterocycles. The Morgan fingerprint density at radius 1 is 1.19 bits per heavy atom. The zero-order valence-corrected chi connectivity index (χ0v) is 17.4. The first-order chi connectivity index (χ1) is 15.4. The van der Waals surface area contributed by atoms with Crippen molar-refractivity contribution < 1.29 is 17.9 Å². The summed E-state index contributed by atoms with van der Waals surface area (Å²) in [5.74, 6) is -0.149. The van der Waals surface area contributed by atoms with Crippen molar-refractivity contribution in [1.82, 2.24) is 9.97 Å². The molecule has 9 heteroatoms. The molecular weight excluding hydrogens is 419 g/mol. The smallest absolute Gasteiger partial charge is 0.406 e. The molecule has 0 amide bonds. The highest BCUT2D eigenvalue weighted by atomic mass is 19.4. The van der Waals surface area contributed by atoms with Crippen molar-refractivity contribution in [3.63, 3.8) is 0 Å². The van der Waals surface area contributed by atoms with Gasteiger partial charge >= 0.3 is 6.36 Å². The van der Waals surface area contributed by atoms with Crippen molar-refractivity contribution in [2.75, 3.05) is 18.5 Å². The monoisotopic (exact) mass is 441 g/mol. The maximum Gasteiger partial charge on any atom is 0.573 e. The average molecular weight is 441 g/mol. The molecule has 1 atom stereocenters. The fraction of sp³-hybridized carbons (Fsp3) is 0.304. The third-order valence-corrected chi connectivity index (χ3v) is 5.19. The van der Waals surface area contributed by atoms with Gasteiger partial charge in [0.05, 0.1) is 28.8 Å². The number of alkyl halides is 3. The van der Waals surface area contributed by atoms with Crippen LogP contribution in [0.2, 0.25) is 0 Å². The van der Waals surface area contributed by atoms with Gasteiger partial charge in [0.2, 0.25) is 0 Å². The van der Waals surface area contributed by atoms with Crippen LogP contribution in [-0.4, -0.2) is 42.4 Å². The van der Waals surface area contributed by atoms with Gasteiger partial charge in [0.1, 0.15) is 5.75 Å². The number of nitrogens with zero attached hydrogens (tertiary/aromatic N) is 4. The minimum absolute atomic E-state index is 0.258. The molecule has 6 nitrogen and oxygen atoms in total. The number of fused-ring (bicyclic) bond motifs is 1. The number of nitrogens with one attached hydrogen (secondary N) is 1. The van der Waals surface area contributed by atoms with E-state index in [0.29, 0.717) is 34.9 Å². The first-order valence-corrected chi connectivity index (χ1v) is 10.2. The molecule has 0 spiro atoms. The SMILES string of the molecule is CN=CC(C=N)c1cnc2ccc(N(CC3CC3)c3cccc(OC(F)(F)F)c3)cc2n1. The lowest BCUT2D eigenvalue weighted by Crippen LogP contribution is -2.21. The summed E-state index contributed by atoms with van der Waals surface area (Å²) in [6.45, 7) is 0.680. The number of ether oxygens (including phenoxy) is 1. The molecule has 3 aromatic rings. The molecule has 2 aromatic carbocycles. The van der Waals surface area contributed by atoms with E-state index in [1.807, 2.05) is 23.1 Å². The number of benzene rings is 2. The third-order valence-electron chi connectivity index (χ3n) is 5.19. The van der Waals surface area contributed by atoms with Gasteiger partial charge in [-0.25, -0.2) is 4.98 Å². The molecule has 0 bridgehead atoms. The van der Waals surface area contributed by atoms with Gasteiger partial charge in [0.25, 0.3) is 0 Å². The highest BCUT2D eigenvalue weighted by Gasteiger charge is 2.31. The minimum Gasteiger partial charge on any atom is -0.406 e. The maximum absolute atomic E-state index is 12.7. The molecule has 1 N–H and O–H groups in total. The van der Waals surface area contributed by atoms with Crippen LogP contribution in [0.5, 0.6) is 5.75 Å². The first-order valence-electron chi connectivity index (χ1n) is 10.2. The van der Waals surface area contributed by atoms with Crippen LogP contribution < -0.4 is 9.64 Å². The number of hydrogen-bond acceptors (Lipinski definition) is 6. The van der Waals surface area contributed by atoms with Gasteiger partial charge in [0.15, 0.2) is 0 Å². The maximum atomic E-state index is 12.7. The summed E-state index contributed by atoms with van der Waals surface area (Å²) in [7, 11) is 1.63. The molecule has 1 heterocycles. The highest BCUT2D eigenvalue weighted by molar-refractivity contribution is 5.89. The van der Waals surface area contributed by atoms with Crippen LogP contribution in [0.3, 0.4) is 0 Å². The fourth-order valence-electron chi connectivity index (χ4n) is 3.48. The predicted octanol–water partition coefficient (Wildman–Crippen LogP) is 5.51. The van der Waals surface area contributed by atoms with Crippen LogP contribution in [-0.2, 0) is 0 Å². The Labute approximate surface area is 183 Å². The van der Waals surface area contributed by atoms with E-state index in [4.69, 9.17) is 5.41 Å². The van der Waals surface area contributed by atoms with E-state index in [0.717, 1.165) is 18.5 Å². The van der Waals surface area contributed by atoms with Crippen LogP contribution in [0.1, 0.15) is 24.5 Å². The van der Waals surface area contributed by atoms with E-state index >= 15 is 0 Å². The average Bonchev–Trinajstić information content (AvgIpc) is 3.58. The number of anilines is 2. The van der Waals surface area contributed by atoms with Gasteiger partial charge in [-0.2, -0.15) is 0 Å². The quantitative estimate of drug-likeness (QED) is 0.468. The summed E-state index contributed by atoms with van der Waals surface area (Å²) >= 11 is 0. The number of halogens is 3. The molecule has 32 heavy (non-hydrogen) atoms. The van der Waals surface area contributed by atoms with Gasteiger partial charge in [-0.1, -0.05) is 6.07 Å². The highest BCUT2D eigenvalue weighted by Crippen LogP contribution is 2.37. The molecule has 4 rings (SSSR count). The summed E-state index contributed by atoms with van der Waals surface area (Å²) in [6.07, 6.45) is 1.92. The molecule has 1 fully saturated rings. The zero-order valence-electron chi connectivity index (χ0n) is 17.4. The molecule has 0 saturated heterocycles. The van der Waals surface area contributed by atoms with Crippen molar-refractivity contribution in [2.45, 2.75) is 25.1 Å². The summed E-state index contributed by atoms with van der Waals surface area (Å²) in [6, 6.07) is 11.6. The Hall–Kier alpha value is -3.49. The van der Waals surface area contributed by atoms with Crippen LogP contribution in [0.15, 0.2) is 53.7 Å². The van der Waals surface area contributed by atoms with Gasteiger partial charge in [-0.15, -0.1) is 13.2 Å². The Morgan fingerprint density at radius 2 is 1.97 bits per heavy atom. The molecule has 1 unspecified atom stereocenters. The van der Waals surface area contributed by atoms with Crippen molar-refractivity contribution in [2.24, 2.45) is 10.9 Å². The summed E-state index contributed by atoms with van der Waals surface area (Å²) < 4.78 is 42.2.